The van der Waals surface area contributed by atoms with Gasteiger partial charge < -0.3 is 14.6 Å². The van der Waals surface area contributed by atoms with E-state index in [1.807, 2.05) is 60.7 Å². The van der Waals surface area contributed by atoms with Crippen LogP contribution in [0.15, 0.2) is 60.7 Å². The summed E-state index contributed by atoms with van der Waals surface area (Å²) in [5.74, 6) is 0.322. The number of esters is 1. The lowest BCUT2D eigenvalue weighted by Crippen LogP contribution is -2.46. The summed E-state index contributed by atoms with van der Waals surface area (Å²) in [6, 6.07) is 19.3. The highest BCUT2D eigenvalue weighted by molar-refractivity contribution is 5.82. The zero-order chi connectivity index (χ0) is 22.4. The predicted molar refractivity (Wildman–Crippen MR) is 124 cm³/mol. The van der Waals surface area contributed by atoms with Crippen molar-refractivity contribution >= 4 is 5.97 Å². The Bertz CT molecular complexity index is 852. The Hall–Kier alpha value is -2.37. The third-order valence-electron chi connectivity index (χ3n) is 7.15. The van der Waals surface area contributed by atoms with Crippen LogP contribution >= 0.6 is 0 Å². The minimum Gasteiger partial charge on any atom is -0.494 e. The normalized spacial score (nSPS) is 23.7. The van der Waals surface area contributed by atoms with Crippen molar-refractivity contribution in [3.63, 3.8) is 0 Å². The van der Waals surface area contributed by atoms with Crippen LogP contribution in [-0.4, -0.2) is 47.8 Å². The van der Waals surface area contributed by atoms with E-state index in [-0.39, 0.29) is 18.1 Å². The highest BCUT2D eigenvalue weighted by Crippen LogP contribution is 2.42. The number of ether oxygens (including phenoxy) is 2. The number of carbonyl (C=O) groups is 1. The molecule has 0 radical (unpaired) electrons. The summed E-state index contributed by atoms with van der Waals surface area (Å²) >= 11 is 0. The Kier molecular flexibility index (Phi) is 7.48. The van der Waals surface area contributed by atoms with Crippen LogP contribution in [0.2, 0.25) is 0 Å². The lowest BCUT2D eigenvalue weighted by atomic mass is 9.80. The first kappa shape index (κ1) is 22.8. The zero-order valence-corrected chi connectivity index (χ0v) is 19.0. The van der Waals surface area contributed by atoms with Gasteiger partial charge in [-0.1, -0.05) is 61.4 Å². The summed E-state index contributed by atoms with van der Waals surface area (Å²) in [6.45, 7) is 4.55. The van der Waals surface area contributed by atoms with E-state index >= 15 is 0 Å². The molecule has 4 rings (SSSR count). The fraction of sp³-hybridized carbons (Fsp3) is 0.519. The molecule has 2 unspecified atom stereocenters. The number of hydrogen-bond acceptors (Lipinski definition) is 5. The molecule has 3 atom stereocenters. The number of aliphatic hydroxyl groups is 1. The van der Waals surface area contributed by atoms with Gasteiger partial charge in [0.25, 0.3) is 0 Å². The molecule has 2 fully saturated rings. The molecule has 5 nitrogen and oxygen atoms in total. The number of likely N-dealkylation sites (tertiary alicyclic amines) is 1. The first-order chi connectivity index (χ1) is 15.6. The van der Waals surface area contributed by atoms with Crippen molar-refractivity contribution in [3.05, 3.63) is 66.2 Å². The molecule has 0 spiro atoms. The maximum Gasteiger partial charge on any atom is 0.343 e. The third-order valence-corrected chi connectivity index (χ3v) is 7.15. The summed E-state index contributed by atoms with van der Waals surface area (Å²) in [5.41, 5.74) is -0.911. The largest absolute Gasteiger partial charge is 0.494 e. The van der Waals surface area contributed by atoms with E-state index in [1.165, 1.54) is 0 Å². The quantitative estimate of drug-likeness (QED) is 0.461. The predicted octanol–water partition coefficient (Wildman–Crippen LogP) is 4.54. The van der Waals surface area contributed by atoms with Crippen LogP contribution in [0.1, 0.15) is 51.0 Å². The zero-order valence-electron chi connectivity index (χ0n) is 19.0. The monoisotopic (exact) mass is 437 g/mol. The van der Waals surface area contributed by atoms with Crippen LogP contribution in [0.25, 0.3) is 0 Å². The molecule has 32 heavy (non-hydrogen) atoms. The lowest BCUT2D eigenvalue weighted by Gasteiger charge is -2.34. The van der Waals surface area contributed by atoms with Crippen molar-refractivity contribution in [3.8, 4) is 5.75 Å². The minimum atomic E-state index is -1.56. The standard InChI is InChI=1S/C27H35NO4/c1-21-25(17-19-28(21)18-10-20-31-24-15-6-3-7-16-24)32-26(29)27(30,23-13-8-9-14-23)22-11-4-2-5-12-22/h2-7,11-12,15-16,21,23,25,30H,8-10,13-14,17-20H2,1H3/t21?,25?,27-/m0/s1. The fourth-order valence-corrected chi connectivity index (χ4v) is 5.20. The van der Waals surface area contributed by atoms with Gasteiger partial charge >= 0.3 is 5.97 Å². The average Bonchev–Trinajstić information content (AvgIpc) is 3.49. The van der Waals surface area contributed by atoms with E-state index < -0.39 is 11.6 Å². The van der Waals surface area contributed by atoms with Crippen molar-refractivity contribution in [2.24, 2.45) is 5.92 Å². The molecule has 1 saturated carbocycles. The Morgan fingerprint density at radius 3 is 2.38 bits per heavy atom. The number of hydrogen-bond donors (Lipinski definition) is 1. The number of para-hydroxylation sites is 1. The van der Waals surface area contributed by atoms with Gasteiger partial charge in [-0.05, 0) is 50.3 Å². The van der Waals surface area contributed by atoms with Crippen molar-refractivity contribution in [1.82, 2.24) is 4.90 Å². The van der Waals surface area contributed by atoms with Crippen LogP contribution in [0.5, 0.6) is 5.75 Å². The van der Waals surface area contributed by atoms with Crippen LogP contribution < -0.4 is 4.74 Å². The van der Waals surface area contributed by atoms with Gasteiger partial charge in [-0.25, -0.2) is 4.79 Å². The molecule has 0 amide bonds. The van der Waals surface area contributed by atoms with Gasteiger partial charge in [0.05, 0.1) is 6.61 Å². The molecule has 0 aromatic heterocycles. The number of nitrogens with zero attached hydrogens (tertiary/aromatic N) is 1. The van der Waals surface area contributed by atoms with Crippen molar-refractivity contribution < 1.29 is 19.4 Å². The molecular weight excluding hydrogens is 402 g/mol. The lowest BCUT2D eigenvalue weighted by molar-refractivity contribution is -0.180. The summed E-state index contributed by atoms with van der Waals surface area (Å²) in [6.07, 6.45) is 5.31. The van der Waals surface area contributed by atoms with Gasteiger partial charge in [0.15, 0.2) is 5.60 Å². The van der Waals surface area contributed by atoms with Gasteiger partial charge in [0.1, 0.15) is 11.9 Å². The molecule has 0 bridgehead atoms. The van der Waals surface area contributed by atoms with Crippen molar-refractivity contribution in [1.29, 1.82) is 0 Å². The summed E-state index contributed by atoms with van der Waals surface area (Å²) in [7, 11) is 0. The molecule has 172 valence electrons. The van der Waals surface area contributed by atoms with Crippen LogP contribution in [0.4, 0.5) is 0 Å². The van der Waals surface area contributed by atoms with E-state index in [2.05, 4.69) is 11.8 Å². The topological polar surface area (TPSA) is 59.0 Å². The first-order valence-corrected chi connectivity index (χ1v) is 12.0. The van der Waals surface area contributed by atoms with E-state index in [0.717, 1.165) is 57.4 Å². The molecule has 2 aliphatic rings. The third kappa shape index (κ3) is 5.00. The maximum absolute atomic E-state index is 13.4. The van der Waals surface area contributed by atoms with Gasteiger partial charge in [0.2, 0.25) is 0 Å². The van der Waals surface area contributed by atoms with Crippen LogP contribution in [0, 0.1) is 5.92 Å². The molecule has 2 aromatic rings. The van der Waals surface area contributed by atoms with Crippen LogP contribution in [-0.2, 0) is 15.1 Å². The van der Waals surface area contributed by atoms with Crippen molar-refractivity contribution in [2.45, 2.75) is 63.2 Å². The second-order valence-corrected chi connectivity index (χ2v) is 9.14. The van der Waals surface area contributed by atoms with Gasteiger partial charge in [-0.3, -0.25) is 4.90 Å². The number of benzene rings is 2. The van der Waals surface area contributed by atoms with Gasteiger partial charge in [-0.2, -0.15) is 0 Å². The second kappa shape index (κ2) is 10.5. The second-order valence-electron chi connectivity index (χ2n) is 9.14. The highest BCUT2D eigenvalue weighted by Gasteiger charge is 2.49. The highest BCUT2D eigenvalue weighted by atomic mass is 16.6. The number of rotatable bonds is 9. The Balaban J connectivity index is 1.33. The Morgan fingerprint density at radius 2 is 1.69 bits per heavy atom. The van der Waals surface area contributed by atoms with Gasteiger partial charge in [0, 0.05) is 25.0 Å². The summed E-state index contributed by atoms with van der Waals surface area (Å²) < 4.78 is 11.8. The Labute approximate surface area is 191 Å². The summed E-state index contributed by atoms with van der Waals surface area (Å²) in [4.78, 5) is 15.7. The van der Waals surface area contributed by atoms with Crippen molar-refractivity contribution in [2.75, 3.05) is 19.7 Å². The average molecular weight is 438 g/mol. The minimum absolute atomic E-state index is 0.0830. The van der Waals surface area contributed by atoms with Gasteiger partial charge in [-0.15, -0.1) is 0 Å². The fourth-order valence-electron chi connectivity index (χ4n) is 5.20. The van der Waals surface area contributed by atoms with E-state index in [0.29, 0.717) is 12.2 Å². The first-order valence-electron chi connectivity index (χ1n) is 12.0. The molecule has 1 aliphatic carbocycles. The number of carbonyl (C=O) groups excluding carboxylic acids is 1. The van der Waals surface area contributed by atoms with E-state index in [9.17, 15) is 9.90 Å². The SMILES string of the molecule is CC1C(OC(=O)[C@](O)(c2ccccc2)C2CCCC2)CCN1CCCOc1ccccc1. The van der Waals surface area contributed by atoms with E-state index in [1.54, 1.807) is 0 Å². The summed E-state index contributed by atoms with van der Waals surface area (Å²) in [5, 5.41) is 11.6. The maximum atomic E-state index is 13.4. The van der Waals surface area contributed by atoms with E-state index in [4.69, 9.17) is 9.47 Å². The van der Waals surface area contributed by atoms with Crippen LogP contribution in [0.3, 0.4) is 0 Å². The molecule has 5 heteroatoms. The molecular formula is C27H35NO4. The molecule has 1 N–H and O–H groups in total. The Morgan fingerprint density at radius 1 is 1.03 bits per heavy atom. The smallest absolute Gasteiger partial charge is 0.343 e. The molecule has 2 aromatic carbocycles. The molecule has 1 aliphatic heterocycles. The molecule has 1 saturated heterocycles. The molecule has 1 heterocycles.